The second-order valence-electron chi connectivity index (χ2n) is 6.42. The zero-order valence-corrected chi connectivity index (χ0v) is 14.4. The van der Waals surface area contributed by atoms with Crippen molar-refractivity contribution in [2.24, 2.45) is 0 Å². The van der Waals surface area contributed by atoms with Gasteiger partial charge in [0.15, 0.2) is 0 Å². The van der Waals surface area contributed by atoms with E-state index >= 15 is 0 Å². The number of likely N-dealkylation sites (tertiary alicyclic amines) is 1. The molecule has 1 atom stereocenters. The smallest absolute Gasteiger partial charge is 0.290 e. The third-order valence-corrected chi connectivity index (χ3v) is 4.43. The molecule has 1 fully saturated rings. The quantitative estimate of drug-likeness (QED) is 0.907. The summed E-state index contributed by atoms with van der Waals surface area (Å²) < 4.78 is 5.05. The van der Waals surface area contributed by atoms with Crippen LogP contribution >= 0.6 is 0 Å². The highest BCUT2D eigenvalue weighted by atomic mass is 16.5. The molecule has 1 aromatic carbocycles. The van der Waals surface area contributed by atoms with E-state index in [-0.39, 0.29) is 23.6 Å². The van der Waals surface area contributed by atoms with Gasteiger partial charge in [0.2, 0.25) is 11.7 Å². The van der Waals surface area contributed by atoms with Gasteiger partial charge in [0, 0.05) is 25.6 Å². The maximum absolute atomic E-state index is 12.5. The van der Waals surface area contributed by atoms with E-state index in [2.05, 4.69) is 10.5 Å². The highest BCUT2D eigenvalue weighted by molar-refractivity contribution is 5.91. The van der Waals surface area contributed by atoms with Crippen molar-refractivity contribution in [3.05, 3.63) is 53.4 Å². The molecule has 3 rings (SSSR count). The summed E-state index contributed by atoms with van der Waals surface area (Å²) in [7, 11) is 0. The number of aromatic nitrogens is 1. The van der Waals surface area contributed by atoms with Crippen molar-refractivity contribution in [1.29, 1.82) is 0 Å². The van der Waals surface area contributed by atoms with Gasteiger partial charge < -0.3 is 14.7 Å². The molecule has 1 unspecified atom stereocenters. The molecule has 132 valence electrons. The summed E-state index contributed by atoms with van der Waals surface area (Å²) in [5.74, 6) is 0.0144. The van der Waals surface area contributed by atoms with Crippen LogP contribution in [0.5, 0.6) is 0 Å². The van der Waals surface area contributed by atoms with Crippen molar-refractivity contribution in [3.63, 3.8) is 0 Å². The Bertz CT molecular complexity index is 727. The lowest BCUT2D eigenvalue weighted by Crippen LogP contribution is -2.40. The van der Waals surface area contributed by atoms with Crippen molar-refractivity contribution >= 4 is 11.8 Å². The van der Waals surface area contributed by atoms with Crippen LogP contribution in [0.2, 0.25) is 0 Å². The highest BCUT2D eigenvalue weighted by Crippen LogP contribution is 2.19. The standard InChI is InChI=1S/C19H23N3O3/c1-14-12-17(25-21-14)19(24)20-16(15-8-4-2-5-9-15)13-22-11-7-3-6-10-18(22)23/h2,4-5,8-9,12,16H,3,6-7,10-11,13H2,1H3,(H,20,24). The Kier molecular flexibility index (Phi) is 5.48. The second kappa shape index (κ2) is 7.96. The van der Waals surface area contributed by atoms with E-state index in [4.69, 9.17) is 4.52 Å². The molecule has 1 N–H and O–H groups in total. The number of nitrogens with zero attached hydrogens (tertiary/aromatic N) is 2. The Morgan fingerprint density at radius 3 is 2.80 bits per heavy atom. The van der Waals surface area contributed by atoms with E-state index in [0.717, 1.165) is 31.4 Å². The summed E-state index contributed by atoms with van der Waals surface area (Å²) in [5, 5.41) is 6.74. The molecular formula is C19H23N3O3. The third kappa shape index (κ3) is 4.47. The van der Waals surface area contributed by atoms with Crippen LogP contribution in [-0.4, -0.2) is 35.0 Å². The zero-order valence-electron chi connectivity index (χ0n) is 14.4. The molecule has 2 amide bonds. The first-order chi connectivity index (χ1) is 12.1. The summed E-state index contributed by atoms with van der Waals surface area (Å²) in [4.78, 5) is 26.7. The Morgan fingerprint density at radius 1 is 1.28 bits per heavy atom. The minimum Gasteiger partial charge on any atom is -0.351 e. The van der Waals surface area contributed by atoms with Gasteiger partial charge in [0.25, 0.3) is 5.91 Å². The lowest BCUT2D eigenvalue weighted by molar-refractivity contribution is -0.131. The predicted molar refractivity (Wildman–Crippen MR) is 92.9 cm³/mol. The molecule has 0 saturated carbocycles. The fourth-order valence-corrected chi connectivity index (χ4v) is 3.07. The molecule has 0 spiro atoms. The normalized spacial score (nSPS) is 16.4. The molecule has 2 aromatic rings. The van der Waals surface area contributed by atoms with Gasteiger partial charge in [-0.15, -0.1) is 0 Å². The van der Waals surface area contributed by atoms with Gasteiger partial charge >= 0.3 is 0 Å². The predicted octanol–water partition coefficient (Wildman–Crippen LogP) is 2.86. The molecule has 0 radical (unpaired) electrons. The zero-order chi connectivity index (χ0) is 17.6. The van der Waals surface area contributed by atoms with Crippen LogP contribution < -0.4 is 5.32 Å². The molecule has 6 nitrogen and oxygen atoms in total. The van der Waals surface area contributed by atoms with Crippen molar-refractivity contribution in [2.75, 3.05) is 13.1 Å². The van der Waals surface area contributed by atoms with Gasteiger partial charge in [0.1, 0.15) is 0 Å². The van der Waals surface area contributed by atoms with E-state index in [0.29, 0.717) is 18.7 Å². The summed E-state index contributed by atoms with van der Waals surface area (Å²) in [6.07, 6.45) is 3.59. The minimum atomic E-state index is -0.322. The first-order valence-electron chi connectivity index (χ1n) is 8.70. The van der Waals surface area contributed by atoms with Crippen LogP contribution in [0.4, 0.5) is 0 Å². The number of rotatable bonds is 5. The van der Waals surface area contributed by atoms with Gasteiger partial charge in [-0.1, -0.05) is 41.9 Å². The van der Waals surface area contributed by atoms with Crippen LogP contribution in [0.3, 0.4) is 0 Å². The summed E-state index contributed by atoms with van der Waals surface area (Å²) in [5.41, 5.74) is 1.62. The maximum Gasteiger partial charge on any atom is 0.290 e. The number of benzene rings is 1. The van der Waals surface area contributed by atoms with Crippen LogP contribution in [0.25, 0.3) is 0 Å². The Labute approximate surface area is 147 Å². The number of carbonyl (C=O) groups excluding carboxylic acids is 2. The molecule has 1 saturated heterocycles. The Morgan fingerprint density at radius 2 is 2.08 bits per heavy atom. The first-order valence-corrected chi connectivity index (χ1v) is 8.70. The first kappa shape index (κ1) is 17.2. The van der Waals surface area contributed by atoms with Crippen molar-refractivity contribution in [1.82, 2.24) is 15.4 Å². The molecule has 1 aliphatic rings. The van der Waals surface area contributed by atoms with Gasteiger partial charge in [-0.25, -0.2) is 0 Å². The molecule has 0 aliphatic carbocycles. The topological polar surface area (TPSA) is 75.4 Å². The Balaban J connectivity index is 1.77. The lowest BCUT2D eigenvalue weighted by atomic mass is 10.1. The van der Waals surface area contributed by atoms with E-state index in [1.54, 1.807) is 13.0 Å². The average Bonchev–Trinajstić information content (AvgIpc) is 2.96. The van der Waals surface area contributed by atoms with Crippen molar-refractivity contribution < 1.29 is 14.1 Å². The fraction of sp³-hybridized carbons (Fsp3) is 0.421. The van der Waals surface area contributed by atoms with Crippen LogP contribution in [0.15, 0.2) is 40.9 Å². The van der Waals surface area contributed by atoms with Crippen molar-refractivity contribution in [3.8, 4) is 0 Å². The summed E-state index contributed by atoms with van der Waals surface area (Å²) in [6, 6.07) is 11.0. The number of hydrogen-bond donors (Lipinski definition) is 1. The highest BCUT2D eigenvalue weighted by Gasteiger charge is 2.24. The molecule has 6 heteroatoms. The minimum absolute atomic E-state index is 0.156. The van der Waals surface area contributed by atoms with Gasteiger partial charge in [-0.05, 0) is 25.3 Å². The number of hydrogen-bond acceptors (Lipinski definition) is 4. The monoisotopic (exact) mass is 341 g/mol. The maximum atomic E-state index is 12.5. The Hall–Kier alpha value is -2.63. The fourth-order valence-electron chi connectivity index (χ4n) is 3.07. The van der Waals surface area contributed by atoms with E-state index < -0.39 is 0 Å². The molecular weight excluding hydrogens is 318 g/mol. The van der Waals surface area contributed by atoms with E-state index in [9.17, 15) is 9.59 Å². The van der Waals surface area contributed by atoms with Crippen molar-refractivity contribution in [2.45, 2.75) is 38.6 Å². The second-order valence-corrected chi connectivity index (χ2v) is 6.42. The number of carbonyl (C=O) groups is 2. The number of aryl methyl sites for hydroxylation is 1. The van der Waals surface area contributed by atoms with Crippen LogP contribution in [0, 0.1) is 6.92 Å². The largest absolute Gasteiger partial charge is 0.351 e. The molecule has 2 heterocycles. The SMILES string of the molecule is Cc1cc(C(=O)NC(CN2CCCCCC2=O)c2ccccc2)on1. The van der Waals surface area contributed by atoms with Gasteiger partial charge in [-0.2, -0.15) is 0 Å². The van der Waals surface area contributed by atoms with E-state index in [1.165, 1.54) is 0 Å². The van der Waals surface area contributed by atoms with E-state index in [1.807, 2.05) is 35.2 Å². The number of nitrogens with one attached hydrogen (secondary N) is 1. The molecule has 0 bridgehead atoms. The number of amides is 2. The van der Waals surface area contributed by atoms with Crippen LogP contribution in [0.1, 0.15) is 53.5 Å². The third-order valence-electron chi connectivity index (χ3n) is 4.43. The molecule has 25 heavy (non-hydrogen) atoms. The molecule has 1 aliphatic heterocycles. The van der Waals surface area contributed by atoms with Crippen LogP contribution in [-0.2, 0) is 4.79 Å². The lowest BCUT2D eigenvalue weighted by Gasteiger charge is -2.27. The summed E-state index contributed by atoms with van der Waals surface area (Å²) in [6.45, 7) is 2.96. The molecule has 1 aromatic heterocycles. The van der Waals surface area contributed by atoms with Gasteiger partial charge in [0.05, 0.1) is 11.7 Å². The average molecular weight is 341 g/mol. The summed E-state index contributed by atoms with van der Waals surface area (Å²) >= 11 is 0. The van der Waals surface area contributed by atoms with Gasteiger partial charge in [-0.3, -0.25) is 9.59 Å².